The van der Waals surface area contributed by atoms with Gasteiger partial charge < -0.3 is 4.84 Å². The Labute approximate surface area is 92.1 Å². The van der Waals surface area contributed by atoms with Gasteiger partial charge in [0.25, 0.3) is 0 Å². The second kappa shape index (κ2) is 3.27. The predicted octanol–water partition coefficient (Wildman–Crippen LogP) is 2.84. The zero-order valence-corrected chi connectivity index (χ0v) is 9.84. The van der Waals surface area contributed by atoms with E-state index in [1.807, 2.05) is 0 Å². The summed E-state index contributed by atoms with van der Waals surface area (Å²) in [5, 5.41) is 4.24. The minimum atomic E-state index is 0.228. The van der Waals surface area contributed by atoms with Crippen LogP contribution < -0.4 is 0 Å². The van der Waals surface area contributed by atoms with Crippen molar-refractivity contribution in [3.63, 3.8) is 0 Å². The maximum absolute atomic E-state index is 5.13. The number of hydrogen-bond donors (Lipinski definition) is 0. The summed E-state index contributed by atoms with van der Waals surface area (Å²) in [6.07, 6.45) is 8.79. The van der Waals surface area contributed by atoms with Crippen LogP contribution in [0.25, 0.3) is 0 Å². The van der Waals surface area contributed by atoms with Gasteiger partial charge in [-0.15, -0.1) is 6.42 Å². The lowest BCUT2D eigenvalue weighted by Crippen LogP contribution is -2.32. The van der Waals surface area contributed by atoms with Crippen molar-refractivity contribution in [3.8, 4) is 12.3 Å². The van der Waals surface area contributed by atoms with Crippen molar-refractivity contribution in [2.24, 2.45) is 21.9 Å². The first-order chi connectivity index (χ1) is 7.02. The van der Waals surface area contributed by atoms with E-state index in [0.717, 1.165) is 12.3 Å². The molecule has 2 saturated carbocycles. The first-order valence-corrected chi connectivity index (χ1v) is 5.65. The molecule has 0 amide bonds. The van der Waals surface area contributed by atoms with E-state index in [2.05, 4.69) is 31.8 Å². The molecule has 2 aliphatic rings. The van der Waals surface area contributed by atoms with E-state index in [0.29, 0.717) is 5.41 Å². The quantitative estimate of drug-likeness (QED) is 0.386. The number of terminal acetylenes is 1. The highest BCUT2D eigenvalue weighted by molar-refractivity contribution is 5.93. The summed E-state index contributed by atoms with van der Waals surface area (Å²) in [6.45, 7) is 7.31. The molecule has 0 heterocycles. The third kappa shape index (κ3) is 1.29. The van der Waals surface area contributed by atoms with Crippen LogP contribution in [0.4, 0.5) is 0 Å². The highest BCUT2D eigenvalue weighted by atomic mass is 16.6. The summed E-state index contributed by atoms with van der Waals surface area (Å²) < 4.78 is 0. The van der Waals surface area contributed by atoms with Crippen LogP contribution in [0.15, 0.2) is 5.16 Å². The number of nitrogens with zero attached hydrogens (tertiary/aromatic N) is 1. The first kappa shape index (κ1) is 10.5. The van der Waals surface area contributed by atoms with Gasteiger partial charge in [-0.2, -0.15) is 0 Å². The molecule has 82 valence electrons. The van der Waals surface area contributed by atoms with Gasteiger partial charge in [0.15, 0.2) is 6.61 Å². The van der Waals surface area contributed by atoms with Crippen LogP contribution in [0.5, 0.6) is 0 Å². The third-order valence-corrected chi connectivity index (χ3v) is 4.83. The molecule has 0 aromatic heterocycles. The van der Waals surface area contributed by atoms with E-state index >= 15 is 0 Å². The maximum atomic E-state index is 5.13. The Bertz CT molecular complexity index is 337. The molecule has 2 heteroatoms. The van der Waals surface area contributed by atoms with E-state index < -0.39 is 0 Å². The highest BCUT2D eigenvalue weighted by Crippen LogP contribution is 2.63. The molecular formula is C13H19NO. The first-order valence-electron chi connectivity index (χ1n) is 5.65. The Hall–Kier alpha value is -0.970. The van der Waals surface area contributed by atoms with Crippen LogP contribution in [-0.4, -0.2) is 12.3 Å². The second-order valence-corrected chi connectivity index (χ2v) is 5.51. The summed E-state index contributed by atoms with van der Waals surface area (Å²) >= 11 is 0. The van der Waals surface area contributed by atoms with Gasteiger partial charge in [0.05, 0.1) is 5.71 Å². The van der Waals surface area contributed by atoms with Crippen LogP contribution in [0.3, 0.4) is 0 Å². The van der Waals surface area contributed by atoms with Crippen molar-refractivity contribution in [1.29, 1.82) is 0 Å². The monoisotopic (exact) mass is 205 g/mol. The standard InChI is InChI=1S/C13H19NO/c1-5-8-15-14-11-9-10-6-7-13(11,4)12(10,2)3/h1,10H,6-9H2,2-4H3/b14-11+/t10-,13-/m0/s1. The molecule has 0 N–H and O–H groups in total. The number of oxime groups is 1. The predicted molar refractivity (Wildman–Crippen MR) is 61.4 cm³/mol. The van der Waals surface area contributed by atoms with Gasteiger partial charge in [-0.25, -0.2) is 0 Å². The molecule has 0 aromatic carbocycles. The van der Waals surface area contributed by atoms with Crippen molar-refractivity contribution in [1.82, 2.24) is 0 Å². The van der Waals surface area contributed by atoms with Crippen molar-refractivity contribution in [2.75, 3.05) is 6.61 Å². The average molecular weight is 205 g/mol. The molecule has 2 fully saturated rings. The molecule has 0 saturated heterocycles. The van der Waals surface area contributed by atoms with Gasteiger partial charge in [0, 0.05) is 5.41 Å². The molecule has 2 bridgehead atoms. The summed E-state index contributed by atoms with van der Waals surface area (Å²) in [5.41, 5.74) is 1.82. The Morgan fingerprint density at radius 1 is 1.53 bits per heavy atom. The lowest BCUT2D eigenvalue weighted by atomic mass is 9.70. The number of rotatable bonds is 2. The van der Waals surface area contributed by atoms with Crippen molar-refractivity contribution in [3.05, 3.63) is 0 Å². The van der Waals surface area contributed by atoms with Crippen molar-refractivity contribution >= 4 is 5.71 Å². The van der Waals surface area contributed by atoms with E-state index in [1.165, 1.54) is 18.6 Å². The molecule has 0 aromatic rings. The average Bonchev–Trinajstić information content (AvgIpc) is 2.51. The summed E-state index contributed by atoms with van der Waals surface area (Å²) in [5.74, 6) is 3.21. The van der Waals surface area contributed by atoms with E-state index in [1.54, 1.807) is 0 Å². The smallest absolute Gasteiger partial charge is 0.177 e. The zero-order valence-electron chi connectivity index (χ0n) is 9.84. The summed E-state index contributed by atoms with van der Waals surface area (Å²) in [4.78, 5) is 5.13. The van der Waals surface area contributed by atoms with E-state index in [9.17, 15) is 0 Å². The van der Waals surface area contributed by atoms with E-state index in [-0.39, 0.29) is 12.0 Å². The van der Waals surface area contributed by atoms with Crippen LogP contribution in [0.1, 0.15) is 40.0 Å². The lowest BCUT2D eigenvalue weighted by molar-refractivity contribution is 0.164. The van der Waals surface area contributed by atoms with Crippen LogP contribution in [0.2, 0.25) is 0 Å². The molecule has 0 aliphatic heterocycles. The fourth-order valence-corrected chi connectivity index (χ4v) is 3.21. The van der Waals surface area contributed by atoms with Gasteiger partial charge in [-0.05, 0) is 30.6 Å². The normalized spacial score (nSPS) is 39.3. The Kier molecular flexibility index (Phi) is 2.30. The fraction of sp³-hybridized carbons (Fsp3) is 0.769. The van der Waals surface area contributed by atoms with E-state index in [4.69, 9.17) is 11.3 Å². The molecule has 2 atom stereocenters. The molecule has 2 nitrogen and oxygen atoms in total. The summed E-state index contributed by atoms with van der Waals surface area (Å²) in [7, 11) is 0. The topological polar surface area (TPSA) is 21.6 Å². The van der Waals surface area contributed by atoms with Gasteiger partial charge in [-0.3, -0.25) is 0 Å². The molecule has 0 radical (unpaired) electrons. The molecule has 0 spiro atoms. The number of fused-ring (bicyclic) bond motifs is 2. The Morgan fingerprint density at radius 2 is 2.27 bits per heavy atom. The van der Waals surface area contributed by atoms with Gasteiger partial charge in [0.1, 0.15) is 0 Å². The second-order valence-electron chi connectivity index (χ2n) is 5.51. The number of hydrogen-bond acceptors (Lipinski definition) is 2. The van der Waals surface area contributed by atoms with Crippen LogP contribution in [-0.2, 0) is 4.84 Å². The fourth-order valence-electron chi connectivity index (χ4n) is 3.21. The Balaban J connectivity index is 2.19. The third-order valence-electron chi connectivity index (χ3n) is 4.83. The lowest BCUT2D eigenvalue weighted by Gasteiger charge is -2.34. The molecule has 0 unspecified atom stereocenters. The molecular weight excluding hydrogens is 186 g/mol. The van der Waals surface area contributed by atoms with Crippen molar-refractivity contribution in [2.45, 2.75) is 40.0 Å². The molecule has 2 rings (SSSR count). The van der Waals surface area contributed by atoms with Gasteiger partial charge in [0.2, 0.25) is 0 Å². The van der Waals surface area contributed by atoms with Gasteiger partial charge >= 0.3 is 0 Å². The maximum Gasteiger partial charge on any atom is 0.177 e. The summed E-state index contributed by atoms with van der Waals surface area (Å²) in [6, 6.07) is 0. The van der Waals surface area contributed by atoms with Crippen molar-refractivity contribution < 1.29 is 4.84 Å². The van der Waals surface area contributed by atoms with Crippen LogP contribution in [0, 0.1) is 29.1 Å². The minimum absolute atomic E-state index is 0.228. The van der Waals surface area contributed by atoms with Gasteiger partial charge in [-0.1, -0.05) is 31.8 Å². The van der Waals surface area contributed by atoms with Crippen LogP contribution >= 0.6 is 0 Å². The largest absolute Gasteiger partial charge is 0.383 e. The Morgan fingerprint density at radius 3 is 2.73 bits per heavy atom. The minimum Gasteiger partial charge on any atom is -0.383 e. The molecule has 15 heavy (non-hydrogen) atoms. The SMILES string of the molecule is C#CCO/N=C1\C[C@@H]2CC[C@]1(C)C2(C)C. The molecule has 2 aliphatic carbocycles. The zero-order chi connectivity index (χ0) is 11.1. The highest BCUT2D eigenvalue weighted by Gasteiger charge is 2.60.